The van der Waals surface area contributed by atoms with Gasteiger partial charge in [0.05, 0.1) is 15.8 Å². The van der Waals surface area contributed by atoms with Crippen molar-refractivity contribution in [2.75, 3.05) is 18.6 Å². The number of rotatable bonds is 7. The molecule has 1 N–H and O–H groups in total. The van der Waals surface area contributed by atoms with E-state index in [-0.39, 0.29) is 11.7 Å². The zero-order chi connectivity index (χ0) is 14.5. The van der Waals surface area contributed by atoms with E-state index in [0.717, 1.165) is 5.56 Å². The second-order valence-electron chi connectivity index (χ2n) is 4.32. The highest BCUT2D eigenvalue weighted by molar-refractivity contribution is 7.90. The molecule has 0 heterocycles. The van der Waals surface area contributed by atoms with Crippen LogP contribution < -0.4 is 5.32 Å². The zero-order valence-corrected chi connectivity index (χ0v) is 12.7. The van der Waals surface area contributed by atoms with E-state index in [4.69, 9.17) is 23.2 Å². The van der Waals surface area contributed by atoms with Crippen molar-refractivity contribution in [2.24, 2.45) is 0 Å². The third-order valence-corrected chi connectivity index (χ3v) is 4.42. The maximum atomic E-state index is 11.2. The number of halogens is 2. The molecule has 4 nitrogen and oxygen atoms in total. The van der Waals surface area contributed by atoms with E-state index in [1.165, 1.54) is 6.26 Å². The van der Waals surface area contributed by atoms with E-state index in [9.17, 15) is 13.2 Å². The molecule has 0 radical (unpaired) electrons. The summed E-state index contributed by atoms with van der Waals surface area (Å²) in [5, 5.41) is 3.42. The zero-order valence-electron chi connectivity index (χ0n) is 10.4. The number of carbonyl (C=O) groups excluding carboxylic acids is 1. The van der Waals surface area contributed by atoms with Crippen molar-refractivity contribution in [1.82, 2.24) is 5.32 Å². The van der Waals surface area contributed by atoms with Gasteiger partial charge >= 0.3 is 0 Å². The van der Waals surface area contributed by atoms with Crippen LogP contribution in [0.1, 0.15) is 17.9 Å². The summed E-state index contributed by atoms with van der Waals surface area (Å²) < 4.78 is 22.4. The monoisotopic (exact) mass is 323 g/mol. The lowest BCUT2D eigenvalue weighted by atomic mass is 9.96. The Morgan fingerprint density at radius 1 is 1.32 bits per heavy atom. The van der Waals surface area contributed by atoms with Crippen LogP contribution in [0.3, 0.4) is 0 Å². The number of benzene rings is 1. The van der Waals surface area contributed by atoms with Gasteiger partial charge in [-0.3, -0.25) is 4.79 Å². The molecule has 0 saturated carbocycles. The Bertz CT molecular complexity index is 546. The predicted octanol–water partition coefficient (Wildman–Crippen LogP) is 2.26. The van der Waals surface area contributed by atoms with Crippen molar-refractivity contribution in [3.63, 3.8) is 0 Å². The molecule has 106 valence electrons. The molecule has 0 aliphatic rings. The average molecular weight is 324 g/mol. The molecule has 1 atom stereocenters. The summed E-state index contributed by atoms with van der Waals surface area (Å²) in [6, 6.07) is 5.14. The smallest absolute Gasteiger partial charge is 0.207 e. The summed E-state index contributed by atoms with van der Waals surface area (Å²) in [6.07, 6.45) is 2.19. The van der Waals surface area contributed by atoms with E-state index in [1.807, 2.05) is 0 Å². The highest BCUT2D eigenvalue weighted by atomic mass is 35.5. The minimum Gasteiger partial charge on any atom is -0.358 e. The molecule has 19 heavy (non-hydrogen) atoms. The van der Waals surface area contributed by atoms with E-state index in [2.05, 4.69) is 5.32 Å². The van der Waals surface area contributed by atoms with Crippen LogP contribution in [-0.2, 0) is 14.6 Å². The van der Waals surface area contributed by atoms with Gasteiger partial charge in [0, 0.05) is 18.7 Å². The molecule has 7 heteroatoms. The average Bonchev–Trinajstić information content (AvgIpc) is 2.32. The topological polar surface area (TPSA) is 63.2 Å². The van der Waals surface area contributed by atoms with Gasteiger partial charge in [0.2, 0.25) is 6.41 Å². The molecule has 0 aliphatic heterocycles. The lowest BCUT2D eigenvalue weighted by Gasteiger charge is -2.17. The first-order valence-electron chi connectivity index (χ1n) is 5.63. The minimum absolute atomic E-state index is 0.0540. The van der Waals surface area contributed by atoms with Gasteiger partial charge in [0.1, 0.15) is 9.84 Å². The summed E-state index contributed by atoms with van der Waals surface area (Å²) in [7, 11) is -3.05. The molecule has 0 spiro atoms. The first-order chi connectivity index (χ1) is 8.83. The summed E-state index contributed by atoms with van der Waals surface area (Å²) in [6.45, 7) is 0.358. The van der Waals surface area contributed by atoms with Gasteiger partial charge in [-0.05, 0) is 24.1 Å². The molecular formula is C12H15Cl2NO3S. The van der Waals surface area contributed by atoms with E-state index < -0.39 is 9.84 Å². The standard InChI is InChI=1S/C12H15Cl2NO3S/c1-19(17,18)5-4-10(7-15-8-16)9-2-3-11(13)12(14)6-9/h2-3,6,8,10H,4-5,7H2,1H3,(H,15,16)/t10-/m1/s1. The van der Waals surface area contributed by atoms with Crippen molar-refractivity contribution in [3.05, 3.63) is 33.8 Å². The number of nitrogens with one attached hydrogen (secondary N) is 1. The van der Waals surface area contributed by atoms with Gasteiger partial charge in [-0.15, -0.1) is 0 Å². The molecule has 0 fully saturated rings. The number of hydrogen-bond donors (Lipinski definition) is 1. The highest BCUT2D eigenvalue weighted by Crippen LogP contribution is 2.28. The lowest BCUT2D eigenvalue weighted by molar-refractivity contribution is -0.109. The molecule has 0 unspecified atom stereocenters. The summed E-state index contributed by atoms with van der Waals surface area (Å²) in [4.78, 5) is 10.4. The first-order valence-corrected chi connectivity index (χ1v) is 8.45. The molecule has 1 aromatic carbocycles. The van der Waals surface area contributed by atoms with E-state index >= 15 is 0 Å². The van der Waals surface area contributed by atoms with Crippen LogP contribution in [0.2, 0.25) is 10.0 Å². The van der Waals surface area contributed by atoms with Crippen molar-refractivity contribution in [1.29, 1.82) is 0 Å². The number of amides is 1. The molecule has 0 saturated heterocycles. The van der Waals surface area contributed by atoms with Crippen molar-refractivity contribution < 1.29 is 13.2 Å². The summed E-state index contributed by atoms with van der Waals surface area (Å²) in [5.74, 6) is -0.0620. The van der Waals surface area contributed by atoms with E-state index in [1.54, 1.807) is 18.2 Å². The van der Waals surface area contributed by atoms with Crippen LogP contribution in [0.4, 0.5) is 0 Å². The molecule has 1 aromatic rings. The largest absolute Gasteiger partial charge is 0.358 e. The lowest BCUT2D eigenvalue weighted by Crippen LogP contribution is -2.22. The third-order valence-electron chi connectivity index (χ3n) is 2.70. The van der Waals surface area contributed by atoms with Gasteiger partial charge in [0.15, 0.2) is 0 Å². The van der Waals surface area contributed by atoms with Gasteiger partial charge < -0.3 is 5.32 Å². The number of hydrogen-bond acceptors (Lipinski definition) is 3. The molecule has 0 bridgehead atoms. The Balaban J connectivity index is 2.88. The Kier molecular flexibility index (Phi) is 6.10. The van der Waals surface area contributed by atoms with Crippen molar-refractivity contribution in [2.45, 2.75) is 12.3 Å². The highest BCUT2D eigenvalue weighted by Gasteiger charge is 2.15. The Labute approximate surface area is 123 Å². The number of carbonyl (C=O) groups is 1. The van der Waals surface area contributed by atoms with Crippen LogP contribution in [0, 0.1) is 0 Å². The second kappa shape index (κ2) is 7.12. The van der Waals surface area contributed by atoms with Gasteiger partial charge in [-0.1, -0.05) is 29.3 Å². The molecule has 1 rings (SSSR count). The van der Waals surface area contributed by atoms with Gasteiger partial charge in [0.25, 0.3) is 0 Å². The SMILES string of the molecule is CS(=O)(=O)CC[C@H](CNC=O)c1ccc(Cl)c(Cl)c1. The quantitative estimate of drug-likeness (QED) is 0.783. The molecule has 1 amide bonds. The van der Waals surface area contributed by atoms with Crippen molar-refractivity contribution >= 4 is 39.4 Å². The molecule has 0 aliphatic carbocycles. The first kappa shape index (κ1) is 16.3. The summed E-state index contributed by atoms with van der Waals surface area (Å²) >= 11 is 11.8. The fourth-order valence-electron chi connectivity index (χ4n) is 1.70. The fourth-order valence-corrected chi connectivity index (χ4v) is 2.72. The van der Waals surface area contributed by atoms with Gasteiger partial charge in [-0.2, -0.15) is 0 Å². The summed E-state index contributed by atoms with van der Waals surface area (Å²) in [5.41, 5.74) is 0.854. The molecule has 0 aromatic heterocycles. The normalized spacial score (nSPS) is 13.0. The van der Waals surface area contributed by atoms with E-state index in [0.29, 0.717) is 29.4 Å². The van der Waals surface area contributed by atoms with Crippen LogP contribution in [0.25, 0.3) is 0 Å². The van der Waals surface area contributed by atoms with Crippen molar-refractivity contribution in [3.8, 4) is 0 Å². The second-order valence-corrected chi connectivity index (χ2v) is 7.39. The van der Waals surface area contributed by atoms with Crippen LogP contribution in [-0.4, -0.2) is 33.4 Å². The molecular weight excluding hydrogens is 309 g/mol. The Morgan fingerprint density at radius 3 is 2.53 bits per heavy atom. The Hall–Kier alpha value is -0.780. The fraction of sp³-hybridized carbons (Fsp3) is 0.417. The van der Waals surface area contributed by atoms with Crippen LogP contribution in [0.5, 0.6) is 0 Å². The minimum atomic E-state index is -3.05. The maximum absolute atomic E-state index is 11.2. The van der Waals surface area contributed by atoms with Crippen LogP contribution in [0.15, 0.2) is 18.2 Å². The third kappa shape index (κ3) is 5.80. The van der Waals surface area contributed by atoms with Gasteiger partial charge in [-0.25, -0.2) is 8.42 Å². The maximum Gasteiger partial charge on any atom is 0.207 e. The Morgan fingerprint density at radius 2 is 2.00 bits per heavy atom. The van der Waals surface area contributed by atoms with Crippen LogP contribution >= 0.6 is 23.2 Å². The predicted molar refractivity (Wildman–Crippen MR) is 77.6 cm³/mol. The number of sulfone groups is 1.